The average Bonchev–Trinajstić information content (AvgIpc) is 3.25. The molecule has 1 aromatic carbocycles. The number of rotatable bonds is 14. The van der Waals surface area contributed by atoms with Crippen molar-refractivity contribution in [2.45, 2.75) is 57.7 Å². The highest BCUT2D eigenvalue weighted by atomic mass is 16.4. The SMILES string of the molecule is CCC(C)C(N)C(=O)NC(CCC(=O)O)C(=O)NC(Cc1c[nH]c2ccccc12)C(=O)NCC(=O)O. The minimum Gasteiger partial charge on any atom is -0.481 e. The number of H-pyrrole nitrogens is 1. The molecule has 2 rings (SSSR count). The van der Waals surface area contributed by atoms with Gasteiger partial charge in [-0.2, -0.15) is 0 Å². The maximum atomic E-state index is 13.1. The summed E-state index contributed by atoms with van der Waals surface area (Å²) < 4.78 is 0. The number of nitrogens with two attached hydrogens (primary N) is 1. The van der Waals surface area contributed by atoms with E-state index in [2.05, 4.69) is 20.9 Å². The van der Waals surface area contributed by atoms with Crippen LogP contribution in [-0.4, -0.2) is 69.5 Å². The van der Waals surface area contributed by atoms with E-state index in [0.717, 1.165) is 10.9 Å². The van der Waals surface area contributed by atoms with Gasteiger partial charge in [0.15, 0.2) is 0 Å². The molecule has 0 aliphatic heterocycles. The number of carbonyl (C=O) groups is 5. The van der Waals surface area contributed by atoms with E-state index in [4.69, 9.17) is 15.9 Å². The third-order valence-corrected chi connectivity index (χ3v) is 5.99. The summed E-state index contributed by atoms with van der Waals surface area (Å²) in [5.74, 6) is -4.73. The third-order valence-electron chi connectivity index (χ3n) is 5.99. The number of hydrogen-bond acceptors (Lipinski definition) is 6. The van der Waals surface area contributed by atoms with Gasteiger partial charge in [-0.05, 0) is 24.0 Å². The number of carbonyl (C=O) groups excluding carboxylic acids is 3. The zero-order chi connectivity index (χ0) is 26.8. The van der Waals surface area contributed by atoms with Crippen molar-refractivity contribution in [3.63, 3.8) is 0 Å². The van der Waals surface area contributed by atoms with Gasteiger partial charge in [-0.15, -0.1) is 0 Å². The fourth-order valence-electron chi connectivity index (χ4n) is 3.60. The number of amides is 3. The van der Waals surface area contributed by atoms with Crippen LogP contribution in [0, 0.1) is 5.92 Å². The van der Waals surface area contributed by atoms with Crippen molar-refractivity contribution in [3.05, 3.63) is 36.0 Å². The highest BCUT2D eigenvalue weighted by molar-refractivity contribution is 5.94. The van der Waals surface area contributed by atoms with Crippen molar-refractivity contribution in [3.8, 4) is 0 Å². The van der Waals surface area contributed by atoms with Crippen LogP contribution in [0.5, 0.6) is 0 Å². The molecule has 1 aromatic heterocycles. The van der Waals surface area contributed by atoms with Gasteiger partial charge in [0.05, 0.1) is 6.04 Å². The fourth-order valence-corrected chi connectivity index (χ4v) is 3.60. The van der Waals surface area contributed by atoms with E-state index in [9.17, 15) is 24.0 Å². The predicted molar refractivity (Wildman–Crippen MR) is 131 cm³/mol. The Kier molecular flexibility index (Phi) is 10.4. The van der Waals surface area contributed by atoms with Gasteiger partial charge in [-0.3, -0.25) is 24.0 Å². The first-order chi connectivity index (χ1) is 17.0. The Balaban J connectivity index is 2.26. The molecule has 4 atom stereocenters. The van der Waals surface area contributed by atoms with Crippen molar-refractivity contribution in [1.82, 2.24) is 20.9 Å². The smallest absolute Gasteiger partial charge is 0.322 e. The zero-order valence-electron chi connectivity index (χ0n) is 20.2. The van der Waals surface area contributed by atoms with Crippen LogP contribution in [0.25, 0.3) is 10.9 Å². The first-order valence-corrected chi connectivity index (χ1v) is 11.7. The molecule has 12 nitrogen and oxygen atoms in total. The highest BCUT2D eigenvalue weighted by Gasteiger charge is 2.30. The van der Waals surface area contributed by atoms with Crippen LogP contribution in [0.2, 0.25) is 0 Å². The van der Waals surface area contributed by atoms with Crippen LogP contribution in [0.15, 0.2) is 30.5 Å². The first-order valence-electron chi connectivity index (χ1n) is 11.7. The van der Waals surface area contributed by atoms with Gasteiger partial charge in [0, 0.05) is 29.9 Å². The number of aromatic amines is 1. The van der Waals surface area contributed by atoms with Crippen molar-refractivity contribution in [2.24, 2.45) is 11.7 Å². The second kappa shape index (κ2) is 13.2. The molecule has 36 heavy (non-hydrogen) atoms. The lowest BCUT2D eigenvalue weighted by molar-refractivity contribution is -0.138. The lowest BCUT2D eigenvalue weighted by Gasteiger charge is -2.25. The molecule has 0 spiro atoms. The molecule has 1 heterocycles. The van der Waals surface area contributed by atoms with Gasteiger partial charge in [-0.25, -0.2) is 0 Å². The van der Waals surface area contributed by atoms with E-state index in [1.54, 1.807) is 13.1 Å². The van der Waals surface area contributed by atoms with E-state index >= 15 is 0 Å². The Morgan fingerprint density at radius 2 is 1.64 bits per heavy atom. The highest BCUT2D eigenvalue weighted by Crippen LogP contribution is 2.19. The predicted octanol–water partition coefficient (Wildman–Crippen LogP) is 0.119. The number of fused-ring (bicyclic) bond motifs is 1. The summed E-state index contributed by atoms with van der Waals surface area (Å²) in [7, 11) is 0. The lowest BCUT2D eigenvalue weighted by atomic mass is 9.98. The van der Waals surface area contributed by atoms with E-state index in [-0.39, 0.29) is 18.8 Å². The molecule has 0 saturated heterocycles. The average molecular weight is 504 g/mol. The first kappa shape index (κ1) is 28.3. The Labute approximate surface area is 208 Å². The third kappa shape index (κ3) is 8.08. The Morgan fingerprint density at radius 3 is 2.28 bits per heavy atom. The quantitative estimate of drug-likeness (QED) is 0.188. The number of para-hydroxylation sites is 1. The molecule has 0 fully saturated rings. The number of aromatic nitrogens is 1. The summed E-state index contributed by atoms with van der Waals surface area (Å²) in [5, 5.41) is 26.1. The molecule has 8 N–H and O–H groups in total. The number of benzene rings is 1. The maximum absolute atomic E-state index is 13.1. The van der Waals surface area contributed by atoms with Crippen LogP contribution in [0.3, 0.4) is 0 Å². The molecule has 12 heteroatoms. The topological polar surface area (TPSA) is 204 Å². The van der Waals surface area contributed by atoms with Crippen molar-refractivity contribution < 1.29 is 34.2 Å². The van der Waals surface area contributed by atoms with E-state index in [0.29, 0.717) is 12.0 Å². The Morgan fingerprint density at radius 1 is 0.972 bits per heavy atom. The second-order valence-corrected chi connectivity index (χ2v) is 8.64. The fraction of sp³-hybridized carbons (Fsp3) is 0.458. The molecular weight excluding hydrogens is 470 g/mol. The van der Waals surface area contributed by atoms with Crippen molar-refractivity contribution in [1.29, 1.82) is 0 Å². The molecule has 0 bridgehead atoms. The number of aliphatic carboxylic acids is 2. The molecule has 0 aliphatic carbocycles. The van der Waals surface area contributed by atoms with Gasteiger partial charge in [0.2, 0.25) is 17.7 Å². The van der Waals surface area contributed by atoms with E-state index in [1.807, 2.05) is 31.2 Å². The molecule has 3 amide bonds. The summed E-state index contributed by atoms with van der Waals surface area (Å²) in [4.78, 5) is 63.7. The van der Waals surface area contributed by atoms with E-state index in [1.165, 1.54) is 0 Å². The molecule has 0 aliphatic rings. The number of nitrogens with one attached hydrogen (secondary N) is 4. The molecule has 4 unspecified atom stereocenters. The largest absolute Gasteiger partial charge is 0.481 e. The summed E-state index contributed by atoms with van der Waals surface area (Å²) in [6, 6.07) is 3.97. The molecule has 196 valence electrons. The monoisotopic (exact) mass is 503 g/mol. The molecule has 0 saturated carbocycles. The van der Waals surface area contributed by atoms with Gasteiger partial charge in [0.1, 0.15) is 18.6 Å². The summed E-state index contributed by atoms with van der Waals surface area (Å²) in [6.07, 6.45) is 1.69. The van der Waals surface area contributed by atoms with Crippen molar-refractivity contribution >= 4 is 40.6 Å². The maximum Gasteiger partial charge on any atom is 0.322 e. The van der Waals surface area contributed by atoms with Crippen LogP contribution in [0.1, 0.15) is 38.7 Å². The van der Waals surface area contributed by atoms with Gasteiger partial charge < -0.3 is 36.9 Å². The summed E-state index contributed by atoms with van der Waals surface area (Å²) in [6.45, 7) is 2.99. The number of carboxylic acid groups (broad SMARTS) is 2. The minimum atomic E-state index is -1.26. The normalized spacial score (nSPS) is 14.3. The van der Waals surface area contributed by atoms with Crippen LogP contribution < -0.4 is 21.7 Å². The van der Waals surface area contributed by atoms with Gasteiger partial charge >= 0.3 is 11.9 Å². The summed E-state index contributed by atoms with van der Waals surface area (Å²) in [5.41, 5.74) is 7.47. The van der Waals surface area contributed by atoms with Crippen LogP contribution in [0.4, 0.5) is 0 Å². The van der Waals surface area contributed by atoms with E-state index < -0.39 is 60.8 Å². The van der Waals surface area contributed by atoms with Crippen molar-refractivity contribution in [2.75, 3.05) is 6.54 Å². The minimum absolute atomic E-state index is 0.0210. The zero-order valence-corrected chi connectivity index (χ0v) is 20.2. The summed E-state index contributed by atoms with van der Waals surface area (Å²) >= 11 is 0. The van der Waals surface area contributed by atoms with Gasteiger partial charge in [0.25, 0.3) is 0 Å². The number of hydrogen-bond donors (Lipinski definition) is 7. The van der Waals surface area contributed by atoms with Crippen LogP contribution in [-0.2, 0) is 30.4 Å². The Bertz CT molecular complexity index is 1100. The molecule has 0 radical (unpaired) electrons. The Hall–Kier alpha value is -3.93. The standard InChI is InChI=1S/C24H33N5O7/c1-3-13(2)21(25)24(36)28-17(8-9-19(30)31)23(35)29-18(22(34)27-12-20(32)33)10-14-11-26-16-7-5-4-6-15(14)16/h4-7,11,13,17-18,21,26H,3,8-10,12,25H2,1-2H3,(H,27,34)(H,28,36)(H,29,35)(H,30,31)(H,32,33). The number of carboxylic acids is 2. The second-order valence-electron chi connectivity index (χ2n) is 8.64. The van der Waals surface area contributed by atoms with Gasteiger partial charge in [-0.1, -0.05) is 38.5 Å². The lowest BCUT2D eigenvalue weighted by Crippen LogP contribution is -2.57. The molecular formula is C24H33N5O7. The molecule has 2 aromatic rings. The van der Waals surface area contributed by atoms with Crippen LogP contribution >= 0.6 is 0 Å².